The molecule has 0 amide bonds. The second kappa shape index (κ2) is 10.5. The van der Waals surface area contributed by atoms with Gasteiger partial charge in [-0.05, 0) is 61.7 Å². The molecule has 0 saturated carbocycles. The molecule has 3 rings (SSSR count). The summed E-state index contributed by atoms with van der Waals surface area (Å²) in [5.41, 5.74) is 1.63. The topological polar surface area (TPSA) is 36.9 Å². The van der Waals surface area contributed by atoms with Gasteiger partial charge >= 0.3 is 0 Å². The molecule has 3 aromatic carbocycles. The Morgan fingerprint density at radius 1 is 0.750 bits per heavy atom. The summed E-state index contributed by atoms with van der Waals surface area (Å²) < 4.78 is 51.2. The first-order valence-electron chi connectivity index (χ1n) is 10.4. The second-order valence-corrected chi connectivity index (χ2v) is 8.22. The SMILES string of the molecule is COc1cc(-c2cc(F)c(OCCOC(C)(C)C)c(F)c2)ccc1OCc1ccccc1. The molecule has 0 fully saturated rings. The molecule has 0 aliphatic rings. The third-order valence-electron chi connectivity index (χ3n) is 4.60. The van der Waals surface area contributed by atoms with Crippen molar-refractivity contribution in [3.8, 4) is 28.4 Å². The highest BCUT2D eigenvalue weighted by Crippen LogP contribution is 2.35. The third kappa shape index (κ3) is 6.44. The number of halogens is 2. The van der Waals surface area contributed by atoms with Crippen molar-refractivity contribution in [1.82, 2.24) is 0 Å². The summed E-state index contributed by atoms with van der Waals surface area (Å²) in [7, 11) is 1.52. The molecule has 0 saturated heterocycles. The van der Waals surface area contributed by atoms with Crippen molar-refractivity contribution in [3.63, 3.8) is 0 Å². The van der Waals surface area contributed by atoms with Gasteiger partial charge in [0.05, 0.1) is 19.3 Å². The van der Waals surface area contributed by atoms with Crippen LogP contribution >= 0.6 is 0 Å². The molecule has 0 bridgehead atoms. The van der Waals surface area contributed by atoms with Crippen LogP contribution in [0.5, 0.6) is 17.2 Å². The minimum atomic E-state index is -0.779. The highest BCUT2D eigenvalue weighted by atomic mass is 19.1. The maximum Gasteiger partial charge on any atom is 0.190 e. The Kier molecular flexibility index (Phi) is 7.70. The molecule has 170 valence electrons. The predicted molar refractivity (Wildman–Crippen MR) is 120 cm³/mol. The molecule has 32 heavy (non-hydrogen) atoms. The van der Waals surface area contributed by atoms with Crippen LogP contribution in [0.25, 0.3) is 11.1 Å². The first-order chi connectivity index (χ1) is 15.3. The van der Waals surface area contributed by atoms with Gasteiger partial charge in [-0.25, -0.2) is 8.78 Å². The zero-order valence-corrected chi connectivity index (χ0v) is 18.8. The van der Waals surface area contributed by atoms with Gasteiger partial charge in [-0.1, -0.05) is 36.4 Å². The van der Waals surface area contributed by atoms with E-state index in [1.165, 1.54) is 19.2 Å². The van der Waals surface area contributed by atoms with Crippen LogP contribution in [0.15, 0.2) is 60.7 Å². The van der Waals surface area contributed by atoms with Gasteiger partial charge in [0.1, 0.15) is 13.2 Å². The van der Waals surface area contributed by atoms with Crippen LogP contribution in [0.2, 0.25) is 0 Å². The highest BCUT2D eigenvalue weighted by Gasteiger charge is 2.16. The fraction of sp³-hybridized carbons (Fsp3) is 0.308. The lowest BCUT2D eigenvalue weighted by Gasteiger charge is -2.19. The van der Waals surface area contributed by atoms with Crippen molar-refractivity contribution in [2.45, 2.75) is 33.0 Å². The van der Waals surface area contributed by atoms with Crippen molar-refractivity contribution in [2.75, 3.05) is 20.3 Å². The van der Waals surface area contributed by atoms with Crippen LogP contribution < -0.4 is 14.2 Å². The van der Waals surface area contributed by atoms with Gasteiger partial charge in [-0.3, -0.25) is 0 Å². The lowest BCUT2D eigenvalue weighted by molar-refractivity contribution is -0.0170. The monoisotopic (exact) mass is 442 g/mol. The quantitative estimate of drug-likeness (QED) is 0.359. The fourth-order valence-corrected chi connectivity index (χ4v) is 3.06. The molecule has 0 aliphatic carbocycles. The molecule has 0 radical (unpaired) electrons. The summed E-state index contributed by atoms with van der Waals surface area (Å²) in [5.74, 6) is -0.960. The van der Waals surface area contributed by atoms with Gasteiger partial charge in [0.25, 0.3) is 0 Å². The molecule has 0 heterocycles. The van der Waals surface area contributed by atoms with E-state index in [0.717, 1.165) is 5.56 Å². The minimum Gasteiger partial charge on any atom is -0.493 e. The Hall–Kier alpha value is -3.12. The maximum atomic E-state index is 14.6. The molecule has 6 heteroatoms. The summed E-state index contributed by atoms with van der Waals surface area (Å²) >= 11 is 0. The number of benzene rings is 3. The van der Waals surface area contributed by atoms with Crippen molar-refractivity contribution in [2.24, 2.45) is 0 Å². The Morgan fingerprint density at radius 2 is 1.44 bits per heavy atom. The molecule has 0 atom stereocenters. The van der Waals surface area contributed by atoms with Crippen molar-refractivity contribution >= 4 is 0 Å². The predicted octanol–water partition coefficient (Wildman–Crippen LogP) is 6.41. The average Bonchev–Trinajstić information content (AvgIpc) is 2.76. The van der Waals surface area contributed by atoms with E-state index >= 15 is 0 Å². The number of hydrogen-bond donors (Lipinski definition) is 0. The molecule has 0 spiro atoms. The van der Waals surface area contributed by atoms with E-state index in [4.69, 9.17) is 18.9 Å². The zero-order valence-electron chi connectivity index (χ0n) is 18.8. The first kappa shape index (κ1) is 23.5. The highest BCUT2D eigenvalue weighted by molar-refractivity contribution is 5.68. The number of rotatable bonds is 9. The maximum absolute atomic E-state index is 14.6. The van der Waals surface area contributed by atoms with Crippen molar-refractivity contribution in [3.05, 3.63) is 77.9 Å². The number of methoxy groups -OCH3 is 1. The second-order valence-electron chi connectivity index (χ2n) is 8.22. The molecule has 0 unspecified atom stereocenters. The van der Waals surface area contributed by atoms with E-state index in [9.17, 15) is 8.78 Å². The Morgan fingerprint density at radius 3 is 2.06 bits per heavy atom. The van der Waals surface area contributed by atoms with E-state index < -0.39 is 17.4 Å². The summed E-state index contributed by atoms with van der Waals surface area (Å²) in [4.78, 5) is 0. The minimum absolute atomic E-state index is 0.0474. The molecular formula is C26H28F2O4. The summed E-state index contributed by atoms with van der Waals surface area (Å²) in [5, 5.41) is 0. The van der Waals surface area contributed by atoms with Gasteiger partial charge in [0.2, 0.25) is 0 Å². The van der Waals surface area contributed by atoms with Crippen LogP contribution in [0.4, 0.5) is 8.78 Å². The normalized spacial score (nSPS) is 11.3. The van der Waals surface area contributed by atoms with Gasteiger partial charge in [0, 0.05) is 0 Å². The molecular weight excluding hydrogens is 414 g/mol. The molecule has 0 N–H and O–H groups in total. The standard InChI is InChI=1S/C26H28F2O4/c1-26(2,3)32-13-12-30-25-21(27)14-20(15-22(25)28)19-10-11-23(24(16-19)29-4)31-17-18-8-6-5-7-9-18/h5-11,14-16H,12-13,17H2,1-4H3. The van der Waals surface area contributed by atoms with E-state index in [-0.39, 0.29) is 18.8 Å². The van der Waals surface area contributed by atoms with Gasteiger partial charge in [-0.15, -0.1) is 0 Å². The van der Waals surface area contributed by atoms with Crippen LogP contribution in [0, 0.1) is 11.6 Å². The Balaban J connectivity index is 1.72. The van der Waals surface area contributed by atoms with E-state index in [2.05, 4.69) is 0 Å². The Labute approximate surface area is 187 Å². The number of ether oxygens (including phenoxy) is 4. The smallest absolute Gasteiger partial charge is 0.190 e. The van der Waals surface area contributed by atoms with E-state index in [0.29, 0.717) is 29.2 Å². The molecule has 3 aromatic rings. The first-order valence-corrected chi connectivity index (χ1v) is 10.4. The van der Waals surface area contributed by atoms with Crippen molar-refractivity contribution in [1.29, 1.82) is 0 Å². The van der Waals surface area contributed by atoms with E-state index in [1.54, 1.807) is 18.2 Å². The largest absolute Gasteiger partial charge is 0.493 e. The van der Waals surface area contributed by atoms with Crippen LogP contribution in [-0.2, 0) is 11.3 Å². The van der Waals surface area contributed by atoms with Gasteiger partial charge in [0.15, 0.2) is 28.9 Å². The summed E-state index contributed by atoms with van der Waals surface area (Å²) in [6.45, 7) is 6.35. The Bertz CT molecular complexity index is 1010. The van der Waals surface area contributed by atoms with E-state index in [1.807, 2.05) is 51.1 Å². The number of hydrogen-bond acceptors (Lipinski definition) is 4. The zero-order chi connectivity index (χ0) is 23.1. The fourth-order valence-electron chi connectivity index (χ4n) is 3.06. The van der Waals surface area contributed by atoms with Gasteiger partial charge < -0.3 is 18.9 Å². The molecule has 4 nitrogen and oxygen atoms in total. The molecule has 0 aliphatic heterocycles. The van der Waals surface area contributed by atoms with Gasteiger partial charge in [-0.2, -0.15) is 0 Å². The third-order valence-corrected chi connectivity index (χ3v) is 4.60. The van der Waals surface area contributed by atoms with Crippen molar-refractivity contribution < 1.29 is 27.7 Å². The van der Waals surface area contributed by atoms with Crippen LogP contribution in [-0.4, -0.2) is 25.9 Å². The lowest BCUT2D eigenvalue weighted by Crippen LogP contribution is -2.22. The summed E-state index contributed by atoms with van der Waals surface area (Å²) in [6.07, 6.45) is 0. The lowest BCUT2D eigenvalue weighted by atomic mass is 10.0. The average molecular weight is 443 g/mol. The molecule has 0 aromatic heterocycles. The van der Waals surface area contributed by atoms with Crippen LogP contribution in [0.3, 0.4) is 0 Å². The summed E-state index contributed by atoms with van der Waals surface area (Å²) in [6, 6.07) is 17.4. The van der Waals surface area contributed by atoms with Crippen LogP contribution in [0.1, 0.15) is 26.3 Å².